The smallest absolute Gasteiger partial charge is 0.375 e. The lowest BCUT2D eigenvalue weighted by atomic mass is 10.1. The Balaban J connectivity index is 2.06. The molecule has 0 unspecified atom stereocenters. The molecule has 0 bridgehead atoms. The summed E-state index contributed by atoms with van der Waals surface area (Å²) in [6, 6.07) is 2.67. The number of aliphatic imine (C=N–C) groups is 1. The van der Waals surface area contributed by atoms with Crippen LogP contribution in [-0.2, 0) is 25.5 Å². The van der Waals surface area contributed by atoms with Gasteiger partial charge in [-0.05, 0) is 18.2 Å². The molecule has 1 amide bonds. The van der Waals surface area contributed by atoms with Crippen LogP contribution in [0.3, 0.4) is 0 Å². The minimum Gasteiger partial charge on any atom is -0.375 e. The number of hydrogen-bond acceptors (Lipinski definition) is 5. The third-order valence-electron chi connectivity index (χ3n) is 4.09. The van der Waals surface area contributed by atoms with Gasteiger partial charge in [0.15, 0.2) is 15.0 Å². The Kier molecular flexibility index (Phi) is 5.50. The van der Waals surface area contributed by atoms with Gasteiger partial charge in [-0.15, -0.1) is 0 Å². The van der Waals surface area contributed by atoms with E-state index in [1.165, 1.54) is 18.1 Å². The number of amides is 1. The van der Waals surface area contributed by atoms with Crippen LogP contribution >= 0.6 is 23.4 Å². The Morgan fingerprint density at radius 3 is 2.74 bits per heavy atom. The molecule has 2 aliphatic heterocycles. The van der Waals surface area contributed by atoms with Gasteiger partial charge >= 0.3 is 6.18 Å². The van der Waals surface area contributed by atoms with Crippen molar-refractivity contribution in [3.05, 3.63) is 28.8 Å². The summed E-state index contributed by atoms with van der Waals surface area (Å²) in [5, 5.41) is -0.742. The molecule has 0 aromatic heterocycles. The number of carbonyl (C=O) groups excluding carboxylic acids is 1. The van der Waals surface area contributed by atoms with Gasteiger partial charge in [0.2, 0.25) is 0 Å². The van der Waals surface area contributed by atoms with Gasteiger partial charge < -0.3 is 9.64 Å². The molecule has 2 atom stereocenters. The van der Waals surface area contributed by atoms with E-state index in [9.17, 15) is 26.4 Å². The van der Waals surface area contributed by atoms with E-state index in [0.29, 0.717) is 0 Å². The van der Waals surface area contributed by atoms with Gasteiger partial charge in [0.25, 0.3) is 5.91 Å². The van der Waals surface area contributed by atoms with Crippen LogP contribution < -0.4 is 4.90 Å². The number of sulfone groups is 1. The largest absolute Gasteiger partial charge is 0.417 e. The lowest BCUT2D eigenvalue weighted by Crippen LogP contribution is -2.38. The molecule has 0 radical (unpaired) electrons. The molecule has 148 valence electrons. The predicted octanol–water partition coefficient (Wildman–Crippen LogP) is 2.61. The molecule has 27 heavy (non-hydrogen) atoms. The van der Waals surface area contributed by atoms with Crippen LogP contribution in [0.25, 0.3) is 0 Å². The van der Waals surface area contributed by atoms with Crippen molar-refractivity contribution < 1.29 is 31.1 Å². The fraction of sp³-hybridized carbons (Fsp3) is 0.467. The summed E-state index contributed by atoms with van der Waals surface area (Å²) in [5.41, 5.74) is -0.966. The number of thioether (sulfide) groups is 1. The number of alkyl halides is 3. The van der Waals surface area contributed by atoms with Gasteiger partial charge in [-0.3, -0.25) is 4.79 Å². The number of ether oxygens (including phenoxy) is 1. The number of nitrogens with zero attached hydrogens (tertiary/aromatic N) is 2. The summed E-state index contributed by atoms with van der Waals surface area (Å²) >= 11 is 6.73. The fourth-order valence-electron chi connectivity index (χ4n) is 3.01. The second-order valence-electron chi connectivity index (χ2n) is 6.05. The van der Waals surface area contributed by atoms with E-state index in [-0.39, 0.29) is 29.0 Å². The second-order valence-corrected chi connectivity index (χ2v) is 9.82. The van der Waals surface area contributed by atoms with Gasteiger partial charge in [0.05, 0.1) is 28.1 Å². The topological polar surface area (TPSA) is 76.0 Å². The lowest BCUT2D eigenvalue weighted by molar-refractivity contribution is -0.137. The lowest BCUT2D eigenvalue weighted by Gasteiger charge is -2.25. The molecule has 6 nitrogen and oxygen atoms in total. The Bertz CT molecular complexity index is 905. The highest BCUT2D eigenvalue weighted by molar-refractivity contribution is 8.16. The van der Waals surface area contributed by atoms with Gasteiger partial charge in [-0.2, -0.15) is 18.2 Å². The number of rotatable bonds is 3. The summed E-state index contributed by atoms with van der Waals surface area (Å²) in [5.74, 6) is -0.972. The highest BCUT2D eigenvalue weighted by atomic mass is 35.5. The zero-order valence-corrected chi connectivity index (χ0v) is 16.3. The first-order chi connectivity index (χ1) is 12.5. The molecule has 0 spiro atoms. The molecule has 2 fully saturated rings. The van der Waals surface area contributed by atoms with E-state index in [1.54, 1.807) is 0 Å². The molecule has 1 aromatic carbocycles. The number of hydrogen-bond donors (Lipinski definition) is 0. The average Bonchev–Trinajstić information content (AvgIpc) is 2.98. The number of anilines is 1. The van der Waals surface area contributed by atoms with Crippen molar-refractivity contribution in [1.29, 1.82) is 0 Å². The molecule has 3 rings (SSSR count). The van der Waals surface area contributed by atoms with Crippen molar-refractivity contribution in [1.82, 2.24) is 0 Å². The number of methoxy groups -OCH3 is 1. The quantitative estimate of drug-likeness (QED) is 0.716. The Hall–Kier alpha value is -1.30. The van der Waals surface area contributed by atoms with Gasteiger partial charge in [0, 0.05) is 18.0 Å². The number of benzene rings is 1. The molecule has 2 heterocycles. The monoisotopic (exact) mass is 442 g/mol. The van der Waals surface area contributed by atoms with E-state index in [2.05, 4.69) is 4.99 Å². The maximum absolute atomic E-state index is 13.2. The van der Waals surface area contributed by atoms with Crippen LogP contribution in [0.15, 0.2) is 23.2 Å². The maximum atomic E-state index is 13.2. The summed E-state index contributed by atoms with van der Waals surface area (Å²) in [4.78, 5) is 17.1. The number of fused-ring (bicyclic) bond motifs is 1. The molecular weight excluding hydrogens is 429 g/mol. The molecule has 1 aromatic rings. The standard InChI is InChI=1S/C15H14ClF3N2O4S2/c1-25-5-13(22)20-14-21(11-6-27(23,24)7-12(11)26-14)8-2-3-10(16)9(4-8)15(17,18)19/h2-4,11-12H,5-7H2,1H3/t11-,12-/m0/s1. The van der Waals surface area contributed by atoms with E-state index in [0.717, 1.165) is 23.9 Å². The first-order valence-corrected chi connectivity index (χ1v) is 10.7. The first-order valence-electron chi connectivity index (χ1n) is 7.65. The summed E-state index contributed by atoms with van der Waals surface area (Å²) in [6.07, 6.45) is -4.68. The van der Waals surface area contributed by atoms with Crippen molar-refractivity contribution >= 4 is 50.0 Å². The van der Waals surface area contributed by atoms with E-state index >= 15 is 0 Å². The fourth-order valence-corrected chi connectivity index (χ4v) is 7.17. The van der Waals surface area contributed by atoms with E-state index in [1.807, 2.05) is 0 Å². The second kappa shape index (κ2) is 7.26. The first kappa shape index (κ1) is 20.4. The van der Waals surface area contributed by atoms with Crippen molar-refractivity contribution in [2.24, 2.45) is 4.99 Å². The summed E-state index contributed by atoms with van der Waals surface area (Å²) in [7, 11) is -2.02. The van der Waals surface area contributed by atoms with Crippen molar-refractivity contribution in [3.8, 4) is 0 Å². The van der Waals surface area contributed by atoms with Crippen molar-refractivity contribution in [2.75, 3.05) is 30.1 Å². The Morgan fingerprint density at radius 2 is 2.11 bits per heavy atom. The summed E-state index contributed by atoms with van der Waals surface area (Å²) < 4.78 is 68.3. The van der Waals surface area contributed by atoms with E-state index < -0.39 is 43.8 Å². The van der Waals surface area contributed by atoms with Crippen LogP contribution in [0.2, 0.25) is 5.02 Å². The van der Waals surface area contributed by atoms with E-state index in [4.69, 9.17) is 16.3 Å². The molecule has 2 aliphatic rings. The highest BCUT2D eigenvalue weighted by Crippen LogP contribution is 2.43. The Morgan fingerprint density at radius 1 is 1.41 bits per heavy atom. The molecule has 0 N–H and O–H groups in total. The normalized spacial score (nSPS) is 25.8. The molecule has 12 heteroatoms. The minimum absolute atomic E-state index is 0.0767. The highest BCUT2D eigenvalue weighted by Gasteiger charge is 2.49. The molecule has 0 saturated carbocycles. The molecule has 2 saturated heterocycles. The average molecular weight is 443 g/mol. The summed E-state index contributed by atoms with van der Waals surface area (Å²) in [6.45, 7) is -0.292. The molecular formula is C15H14ClF3N2O4S2. The van der Waals surface area contributed by atoms with Crippen LogP contribution in [0, 0.1) is 0 Å². The number of carbonyl (C=O) groups is 1. The SMILES string of the molecule is COCC(=O)N=C1S[C@H]2CS(=O)(=O)C[C@@H]2N1c1ccc(Cl)c(C(F)(F)F)c1. The predicted molar refractivity (Wildman–Crippen MR) is 97.1 cm³/mol. The number of halogens is 4. The number of amidine groups is 1. The third kappa shape index (κ3) is 4.25. The minimum atomic E-state index is -4.68. The van der Waals surface area contributed by atoms with Crippen LogP contribution in [-0.4, -0.2) is 56.0 Å². The van der Waals surface area contributed by atoms with Crippen molar-refractivity contribution in [2.45, 2.75) is 17.5 Å². The van der Waals surface area contributed by atoms with Crippen LogP contribution in [0.1, 0.15) is 5.56 Å². The maximum Gasteiger partial charge on any atom is 0.417 e. The zero-order chi connectivity index (χ0) is 20.0. The van der Waals surface area contributed by atoms with Gasteiger partial charge in [-0.1, -0.05) is 23.4 Å². The Labute approximate surface area is 162 Å². The zero-order valence-electron chi connectivity index (χ0n) is 13.9. The van der Waals surface area contributed by atoms with Crippen molar-refractivity contribution in [3.63, 3.8) is 0 Å². The third-order valence-corrected chi connectivity index (χ3v) is 7.63. The molecule has 0 aliphatic carbocycles. The van der Waals surface area contributed by atoms with Gasteiger partial charge in [-0.25, -0.2) is 8.42 Å². The van der Waals surface area contributed by atoms with Crippen LogP contribution in [0.4, 0.5) is 18.9 Å². The van der Waals surface area contributed by atoms with Crippen LogP contribution in [0.5, 0.6) is 0 Å². The van der Waals surface area contributed by atoms with Gasteiger partial charge in [0.1, 0.15) is 6.61 Å².